The molecule has 3 rings (SSSR count). The number of nitrogens with zero attached hydrogens (tertiary/aromatic N) is 5. The predicted molar refractivity (Wildman–Crippen MR) is 137 cm³/mol. The Kier molecular flexibility index (Phi) is 8.53. The van der Waals surface area contributed by atoms with Gasteiger partial charge in [0.25, 0.3) is 10.1 Å². The van der Waals surface area contributed by atoms with Crippen molar-refractivity contribution in [2.45, 2.75) is 38.8 Å². The maximum absolute atomic E-state index is 11.1. The Morgan fingerprint density at radius 1 is 1.15 bits per heavy atom. The fraction of sp³-hybridized carbons (Fsp3) is 0.550. The number of hydrogen-bond acceptors (Lipinski definition) is 8. The van der Waals surface area contributed by atoms with Gasteiger partial charge in [0.1, 0.15) is 10.4 Å². The minimum Gasteiger partial charge on any atom is -0.477 e. The van der Waals surface area contributed by atoms with Crippen molar-refractivity contribution in [1.29, 1.82) is 0 Å². The molecule has 0 N–H and O–H groups in total. The van der Waals surface area contributed by atoms with Crippen LogP contribution < -0.4 is 4.74 Å². The molecular weight excluding hydrogens is 577 g/mol. The molecule has 0 aliphatic heterocycles. The fourth-order valence-electron chi connectivity index (χ4n) is 3.02. The predicted octanol–water partition coefficient (Wildman–Crippen LogP) is 3.49. The Morgan fingerprint density at radius 2 is 1.91 bits per heavy atom. The normalized spacial score (nSPS) is 12.5. The third-order valence-corrected chi connectivity index (χ3v) is 7.88. The van der Waals surface area contributed by atoms with Gasteiger partial charge in [-0.15, -0.1) is 0 Å². The molecule has 33 heavy (non-hydrogen) atoms. The summed E-state index contributed by atoms with van der Waals surface area (Å²) in [5.41, 5.74) is 2.37. The number of halogens is 1. The Bertz CT molecular complexity index is 1210. The van der Waals surface area contributed by atoms with Crippen LogP contribution in [0.1, 0.15) is 6.42 Å². The highest BCUT2D eigenvalue weighted by Crippen LogP contribution is 2.31. The molecule has 3 heterocycles. The van der Waals surface area contributed by atoms with Gasteiger partial charge in [0, 0.05) is 33.5 Å². The van der Waals surface area contributed by atoms with E-state index in [1.165, 1.54) is 0 Å². The van der Waals surface area contributed by atoms with E-state index in [-0.39, 0.29) is 13.2 Å². The van der Waals surface area contributed by atoms with Crippen molar-refractivity contribution < 1.29 is 22.1 Å². The highest BCUT2D eigenvalue weighted by atomic mass is 127. The van der Waals surface area contributed by atoms with E-state index in [2.05, 4.69) is 57.4 Å². The molecule has 0 unspecified atom stereocenters. The Balaban J connectivity index is 1.71. The lowest BCUT2D eigenvalue weighted by Crippen LogP contribution is -2.22. The van der Waals surface area contributed by atoms with Crippen molar-refractivity contribution >= 4 is 51.7 Å². The Morgan fingerprint density at radius 3 is 2.61 bits per heavy atom. The third-order valence-electron chi connectivity index (χ3n) is 4.79. The van der Waals surface area contributed by atoms with Crippen LogP contribution in [0.3, 0.4) is 0 Å². The average Bonchev–Trinajstić information content (AvgIpc) is 3.23. The first-order valence-electron chi connectivity index (χ1n) is 10.5. The quantitative estimate of drug-likeness (QED) is 0.133. The number of aromatic nitrogens is 5. The van der Waals surface area contributed by atoms with Crippen molar-refractivity contribution in [2.75, 3.05) is 26.1 Å². The van der Waals surface area contributed by atoms with E-state index in [1.54, 1.807) is 24.1 Å². The topological polar surface area (TPSA) is 110 Å². The van der Waals surface area contributed by atoms with Crippen molar-refractivity contribution in [2.24, 2.45) is 7.05 Å². The molecule has 3 aromatic heterocycles. The van der Waals surface area contributed by atoms with Gasteiger partial charge in [0.05, 0.1) is 48.6 Å². The molecule has 0 bridgehead atoms. The van der Waals surface area contributed by atoms with Gasteiger partial charge < -0.3 is 9.47 Å². The number of ether oxygens (including phenoxy) is 2. The van der Waals surface area contributed by atoms with Crippen LogP contribution >= 0.6 is 22.6 Å². The molecule has 0 atom stereocenters. The standard InChI is InChI=1S/C20H30IN5O5SSi/c1-25-20(30-7-6-8-31-32(2,27)28)16(12-23-25)17-11-15-18(13-22-17)26(24-19(15)21)14-29-9-10-33(3,4)5/h11-13H,6-10,14H2,1-5H3. The zero-order valence-electron chi connectivity index (χ0n) is 19.5. The number of fused-ring (bicyclic) bond motifs is 1. The lowest BCUT2D eigenvalue weighted by molar-refractivity contribution is 0.0814. The van der Waals surface area contributed by atoms with Gasteiger partial charge in [0.2, 0.25) is 5.88 Å². The SMILES string of the molecule is Cn1ncc(-c2cc3c(I)nn(COCC[Si](C)(C)C)c3cn2)c1OCCCOS(C)(=O)=O. The van der Waals surface area contributed by atoms with Gasteiger partial charge in [-0.2, -0.15) is 18.6 Å². The lowest BCUT2D eigenvalue weighted by atomic mass is 10.2. The summed E-state index contributed by atoms with van der Waals surface area (Å²) in [5.74, 6) is 0.554. The molecule has 0 aromatic carbocycles. The van der Waals surface area contributed by atoms with Crippen LogP contribution in [0.5, 0.6) is 5.88 Å². The zero-order valence-corrected chi connectivity index (χ0v) is 23.5. The third kappa shape index (κ3) is 7.47. The van der Waals surface area contributed by atoms with Gasteiger partial charge in [0.15, 0.2) is 0 Å². The van der Waals surface area contributed by atoms with Crippen LogP contribution in [0.2, 0.25) is 25.7 Å². The second-order valence-corrected chi connectivity index (χ2v) is 17.2. The zero-order chi connectivity index (χ0) is 24.2. The monoisotopic (exact) mass is 607 g/mol. The average molecular weight is 608 g/mol. The first-order valence-corrected chi connectivity index (χ1v) is 17.1. The molecule has 0 amide bonds. The van der Waals surface area contributed by atoms with Gasteiger partial charge in [-0.05, 0) is 34.7 Å². The second kappa shape index (κ2) is 10.8. The molecule has 0 saturated carbocycles. The molecule has 0 fully saturated rings. The molecule has 0 aliphatic carbocycles. The van der Waals surface area contributed by atoms with E-state index < -0.39 is 18.2 Å². The number of rotatable bonds is 12. The summed E-state index contributed by atoms with van der Waals surface area (Å²) in [6, 6.07) is 3.08. The summed E-state index contributed by atoms with van der Waals surface area (Å²) in [5, 5.41) is 9.88. The van der Waals surface area contributed by atoms with Gasteiger partial charge in [-0.25, -0.2) is 9.36 Å². The maximum atomic E-state index is 11.1. The summed E-state index contributed by atoms with van der Waals surface area (Å²) in [4.78, 5) is 4.62. The van der Waals surface area contributed by atoms with Crippen LogP contribution in [0, 0.1) is 3.70 Å². The fourth-order valence-corrected chi connectivity index (χ4v) is 4.89. The van der Waals surface area contributed by atoms with E-state index in [1.807, 2.05) is 10.7 Å². The lowest BCUT2D eigenvalue weighted by Gasteiger charge is -2.15. The number of hydrogen-bond donors (Lipinski definition) is 0. The first-order chi connectivity index (χ1) is 15.4. The van der Waals surface area contributed by atoms with E-state index in [0.717, 1.165) is 44.8 Å². The highest BCUT2D eigenvalue weighted by Gasteiger charge is 2.17. The van der Waals surface area contributed by atoms with Crippen LogP contribution in [-0.4, -0.2) is 67.1 Å². The highest BCUT2D eigenvalue weighted by molar-refractivity contribution is 14.1. The Labute approximate surface area is 208 Å². The van der Waals surface area contributed by atoms with Crippen LogP contribution in [0.4, 0.5) is 0 Å². The maximum Gasteiger partial charge on any atom is 0.264 e. The van der Waals surface area contributed by atoms with Crippen molar-refractivity contribution in [3.8, 4) is 17.1 Å². The van der Waals surface area contributed by atoms with Crippen molar-refractivity contribution in [3.05, 3.63) is 22.2 Å². The molecule has 3 aromatic rings. The molecule has 0 spiro atoms. The second-order valence-electron chi connectivity index (χ2n) is 8.94. The van der Waals surface area contributed by atoms with Crippen LogP contribution in [0.15, 0.2) is 18.5 Å². The summed E-state index contributed by atoms with van der Waals surface area (Å²) in [7, 11) is -2.81. The molecule has 13 heteroatoms. The van der Waals surface area contributed by atoms with E-state index in [0.29, 0.717) is 19.0 Å². The van der Waals surface area contributed by atoms with Gasteiger partial charge >= 0.3 is 0 Å². The van der Waals surface area contributed by atoms with E-state index in [4.69, 9.17) is 13.7 Å². The minimum absolute atomic E-state index is 0.0631. The minimum atomic E-state index is -3.45. The number of aryl methyl sites for hydroxylation is 1. The molecule has 10 nitrogen and oxygen atoms in total. The molecule has 0 saturated heterocycles. The molecule has 182 valence electrons. The van der Waals surface area contributed by atoms with Gasteiger partial charge in [-0.3, -0.25) is 9.17 Å². The first kappa shape index (κ1) is 26.1. The molecule has 0 aliphatic rings. The smallest absolute Gasteiger partial charge is 0.264 e. The summed E-state index contributed by atoms with van der Waals surface area (Å²) >= 11 is 2.22. The number of pyridine rings is 1. The van der Waals surface area contributed by atoms with Gasteiger partial charge in [-0.1, -0.05) is 19.6 Å². The Hall–Kier alpha value is -1.55. The summed E-state index contributed by atoms with van der Waals surface area (Å²) in [6.45, 7) is 8.45. The summed E-state index contributed by atoms with van der Waals surface area (Å²) in [6.07, 6.45) is 4.94. The van der Waals surface area contributed by atoms with E-state index >= 15 is 0 Å². The molecular formula is C20H30IN5O5SSi. The summed E-state index contributed by atoms with van der Waals surface area (Å²) < 4.78 is 42.9. The van der Waals surface area contributed by atoms with E-state index in [9.17, 15) is 8.42 Å². The van der Waals surface area contributed by atoms with Crippen LogP contribution in [-0.2, 0) is 32.8 Å². The van der Waals surface area contributed by atoms with Crippen molar-refractivity contribution in [3.63, 3.8) is 0 Å². The van der Waals surface area contributed by atoms with Crippen molar-refractivity contribution in [1.82, 2.24) is 24.5 Å². The molecule has 0 radical (unpaired) electrons. The largest absolute Gasteiger partial charge is 0.477 e. The van der Waals surface area contributed by atoms with Crippen LogP contribution in [0.25, 0.3) is 22.2 Å².